The van der Waals surface area contributed by atoms with E-state index in [2.05, 4.69) is 10.1 Å². The second-order valence-electron chi connectivity index (χ2n) is 8.81. The topological polar surface area (TPSA) is 107 Å². The fraction of sp³-hybridized carbons (Fsp3) is 0.476. The van der Waals surface area contributed by atoms with Gasteiger partial charge in [0.05, 0.1) is 23.9 Å². The van der Waals surface area contributed by atoms with Gasteiger partial charge in [-0.2, -0.15) is 10.4 Å². The van der Waals surface area contributed by atoms with Gasteiger partial charge in [-0.25, -0.2) is 13.7 Å². The number of H-pyrrole nitrogens is 1. The number of aliphatic hydroxyl groups is 1. The summed E-state index contributed by atoms with van der Waals surface area (Å²) in [7, 11) is 0. The molecule has 0 saturated carbocycles. The summed E-state index contributed by atoms with van der Waals surface area (Å²) in [6.45, 7) is 6.22. The van der Waals surface area contributed by atoms with Crippen LogP contribution in [0.4, 0.5) is 9.18 Å². The normalized spacial score (nSPS) is 16.7. The Kier molecular flexibility index (Phi) is 4.70. The molecule has 2 N–H and O–H groups in total. The maximum absolute atomic E-state index is 13.9. The van der Waals surface area contributed by atoms with E-state index >= 15 is 0 Å². The quantitative estimate of drug-likeness (QED) is 0.671. The molecule has 158 valence electrons. The summed E-state index contributed by atoms with van der Waals surface area (Å²) in [5, 5.41) is 24.1. The van der Waals surface area contributed by atoms with Crippen LogP contribution in [0.15, 0.2) is 18.3 Å². The second kappa shape index (κ2) is 6.99. The van der Waals surface area contributed by atoms with Crippen molar-refractivity contribution in [1.29, 1.82) is 5.26 Å². The molecular formula is C21H24FN5O3. The number of benzene rings is 1. The molecule has 1 saturated heterocycles. The molecule has 0 bridgehead atoms. The van der Waals surface area contributed by atoms with Crippen LogP contribution in [0.5, 0.6) is 0 Å². The third-order valence-corrected chi connectivity index (χ3v) is 5.68. The average molecular weight is 413 g/mol. The van der Waals surface area contributed by atoms with Gasteiger partial charge in [0.2, 0.25) is 0 Å². The molecule has 1 aromatic carbocycles. The highest BCUT2D eigenvalue weighted by Crippen LogP contribution is 2.38. The molecule has 0 atom stereocenters. The van der Waals surface area contributed by atoms with Gasteiger partial charge >= 0.3 is 6.09 Å². The van der Waals surface area contributed by atoms with Gasteiger partial charge in [0, 0.05) is 24.1 Å². The molecule has 2 aromatic heterocycles. The molecule has 4 rings (SSSR count). The molecule has 30 heavy (non-hydrogen) atoms. The van der Waals surface area contributed by atoms with E-state index in [9.17, 15) is 19.6 Å². The minimum Gasteiger partial charge on any atom is -0.444 e. The maximum Gasteiger partial charge on any atom is 0.410 e. The standard InChI is InChI=1S/C21H24FN5O3/c1-20(2,3)30-19(29)26-6-4-21(12-28,5-7-26)15-11-24-27-17-13(10-23)8-14(22)9-16(17)25-18(15)27/h8-9,11,25,28H,4-7,12H2,1-3H3. The molecule has 1 aliphatic heterocycles. The first-order chi connectivity index (χ1) is 14.2. The van der Waals surface area contributed by atoms with E-state index in [1.807, 2.05) is 26.8 Å². The largest absolute Gasteiger partial charge is 0.444 e. The molecule has 3 heterocycles. The Bertz CT molecular complexity index is 1160. The van der Waals surface area contributed by atoms with Crippen LogP contribution >= 0.6 is 0 Å². The van der Waals surface area contributed by atoms with Crippen LogP contribution in [0.3, 0.4) is 0 Å². The zero-order valence-corrected chi connectivity index (χ0v) is 17.2. The van der Waals surface area contributed by atoms with Crippen molar-refractivity contribution in [3.8, 4) is 6.07 Å². The number of aromatic amines is 1. The number of nitrogens with one attached hydrogen (secondary N) is 1. The first-order valence-electron chi connectivity index (χ1n) is 9.86. The van der Waals surface area contributed by atoms with Crippen LogP contribution in [0, 0.1) is 17.1 Å². The maximum atomic E-state index is 13.9. The lowest BCUT2D eigenvalue weighted by Crippen LogP contribution is -2.48. The van der Waals surface area contributed by atoms with Crippen molar-refractivity contribution >= 4 is 22.8 Å². The Morgan fingerprint density at radius 1 is 1.40 bits per heavy atom. The summed E-state index contributed by atoms with van der Waals surface area (Å²) >= 11 is 0. The fourth-order valence-electron chi connectivity index (χ4n) is 4.12. The average Bonchev–Trinajstić information content (AvgIpc) is 3.25. The second-order valence-corrected chi connectivity index (χ2v) is 8.81. The summed E-state index contributed by atoms with van der Waals surface area (Å²) in [4.78, 5) is 17.2. The van der Waals surface area contributed by atoms with E-state index in [1.54, 1.807) is 15.6 Å². The number of amides is 1. The Balaban J connectivity index is 1.69. The Morgan fingerprint density at radius 2 is 2.10 bits per heavy atom. The zero-order valence-electron chi connectivity index (χ0n) is 17.2. The van der Waals surface area contributed by atoms with E-state index in [-0.39, 0.29) is 18.3 Å². The first kappa shape index (κ1) is 20.2. The van der Waals surface area contributed by atoms with Gasteiger partial charge in [-0.1, -0.05) is 0 Å². The Hall–Kier alpha value is -3.12. The highest BCUT2D eigenvalue weighted by molar-refractivity contribution is 5.86. The summed E-state index contributed by atoms with van der Waals surface area (Å²) in [6.07, 6.45) is 2.36. The summed E-state index contributed by atoms with van der Waals surface area (Å²) in [6, 6.07) is 4.51. The van der Waals surface area contributed by atoms with E-state index in [4.69, 9.17) is 4.74 Å². The summed E-state index contributed by atoms with van der Waals surface area (Å²) in [5.41, 5.74) is 1.38. The third-order valence-electron chi connectivity index (χ3n) is 5.68. The number of imidazole rings is 1. The molecule has 1 amide bonds. The van der Waals surface area contributed by atoms with Crippen molar-refractivity contribution in [2.75, 3.05) is 19.7 Å². The number of piperidine rings is 1. The van der Waals surface area contributed by atoms with Crippen LogP contribution in [0.25, 0.3) is 16.7 Å². The van der Waals surface area contributed by atoms with Crippen LogP contribution in [-0.4, -0.2) is 56.0 Å². The van der Waals surface area contributed by atoms with Crippen molar-refractivity contribution in [2.45, 2.75) is 44.6 Å². The number of likely N-dealkylation sites (tertiary alicyclic amines) is 1. The highest BCUT2D eigenvalue weighted by Gasteiger charge is 2.40. The minimum absolute atomic E-state index is 0.120. The SMILES string of the molecule is CC(C)(C)OC(=O)N1CCC(CO)(c2cnn3c2[nH]c2cc(F)cc(C#N)c23)CC1. The number of carbonyl (C=O) groups excluding carboxylic acids is 1. The zero-order chi connectivity index (χ0) is 21.7. The summed E-state index contributed by atoms with van der Waals surface area (Å²) < 4.78 is 20.9. The fourth-order valence-corrected chi connectivity index (χ4v) is 4.12. The number of ether oxygens (including phenoxy) is 1. The van der Waals surface area contributed by atoms with Gasteiger partial charge in [0.15, 0.2) is 0 Å². The van der Waals surface area contributed by atoms with Gasteiger partial charge in [-0.15, -0.1) is 0 Å². The molecule has 9 heteroatoms. The first-order valence-corrected chi connectivity index (χ1v) is 9.86. The molecular weight excluding hydrogens is 389 g/mol. The van der Waals surface area contributed by atoms with Crippen molar-refractivity contribution in [2.24, 2.45) is 0 Å². The molecule has 0 unspecified atom stereocenters. The number of nitrogens with zero attached hydrogens (tertiary/aromatic N) is 4. The van der Waals surface area contributed by atoms with Gasteiger partial charge in [-0.3, -0.25) is 0 Å². The molecule has 0 radical (unpaired) electrons. The van der Waals surface area contributed by atoms with Crippen LogP contribution < -0.4 is 0 Å². The third kappa shape index (κ3) is 3.27. The van der Waals surface area contributed by atoms with Crippen molar-refractivity contribution < 1.29 is 19.0 Å². The van der Waals surface area contributed by atoms with Crippen molar-refractivity contribution in [3.63, 3.8) is 0 Å². The van der Waals surface area contributed by atoms with Crippen molar-refractivity contribution in [1.82, 2.24) is 19.5 Å². The van der Waals surface area contributed by atoms with E-state index in [0.29, 0.717) is 42.6 Å². The lowest BCUT2D eigenvalue weighted by Gasteiger charge is -2.40. The monoisotopic (exact) mass is 413 g/mol. The van der Waals surface area contributed by atoms with Gasteiger partial charge < -0.3 is 19.7 Å². The number of hydrogen-bond donors (Lipinski definition) is 2. The van der Waals surface area contributed by atoms with Crippen LogP contribution in [0.2, 0.25) is 0 Å². The number of aliphatic hydroxyl groups excluding tert-OH is 1. The van der Waals surface area contributed by atoms with Crippen molar-refractivity contribution in [3.05, 3.63) is 35.3 Å². The highest BCUT2D eigenvalue weighted by atomic mass is 19.1. The number of hydrogen-bond acceptors (Lipinski definition) is 5. The Labute approximate surface area is 172 Å². The van der Waals surface area contributed by atoms with Gasteiger partial charge in [-0.05, 0) is 45.7 Å². The molecule has 3 aromatic rings. The van der Waals surface area contributed by atoms with Gasteiger partial charge in [0.25, 0.3) is 0 Å². The number of rotatable bonds is 2. The van der Waals surface area contributed by atoms with E-state index < -0.39 is 16.8 Å². The number of nitriles is 1. The number of halogens is 1. The van der Waals surface area contributed by atoms with E-state index in [0.717, 1.165) is 5.56 Å². The van der Waals surface area contributed by atoms with Crippen LogP contribution in [0.1, 0.15) is 44.7 Å². The Morgan fingerprint density at radius 3 is 2.70 bits per heavy atom. The number of fused-ring (bicyclic) bond motifs is 3. The minimum atomic E-state index is -0.605. The van der Waals surface area contributed by atoms with Crippen LogP contribution in [-0.2, 0) is 10.2 Å². The smallest absolute Gasteiger partial charge is 0.410 e. The number of carbonyl (C=O) groups is 1. The summed E-state index contributed by atoms with van der Waals surface area (Å²) in [5.74, 6) is -0.507. The lowest BCUT2D eigenvalue weighted by molar-refractivity contribution is 0.0124. The predicted octanol–water partition coefficient (Wildman–Crippen LogP) is 3.09. The predicted molar refractivity (Wildman–Crippen MR) is 108 cm³/mol. The lowest BCUT2D eigenvalue weighted by atomic mass is 9.74. The van der Waals surface area contributed by atoms with E-state index in [1.165, 1.54) is 12.1 Å². The molecule has 0 aliphatic carbocycles. The number of aromatic nitrogens is 3. The molecule has 0 spiro atoms. The molecule has 8 nitrogen and oxygen atoms in total. The molecule has 1 aliphatic rings. The van der Waals surface area contributed by atoms with Gasteiger partial charge in [0.1, 0.15) is 28.7 Å². The molecule has 1 fully saturated rings.